The molecule has 2 rings (SSSR count). The van der Waals surface area contributed by atoms with E-state index in [4.69, 9.17) is 0 Å². The number of hydrogen-bond acceptors (Lipinski definition) is 3. The molecular formula is C17H25N3O3. The van der Waals surface area contributed by atoms with E-state index in [0.29, 0.717) is 18.7 Å². The first kappa shape index (κ1) is 17.2. The average Bonchev–Trinajstić information content (AvgIpc) is 3.35. The first-order chi connectivity index (χ1) is 11.0. The van der Waals surface area contributed by atoms with Crippen LogP contribution in [-0.4, -0.2) is 34.4 Å². The van der Waals surface area contributed by atoms with E-state index < -0.39 is 0 Å². The van der Waals surface area contributed by atoms with Crippen LogP contribution in [0.3, 0.4) is 0 Å². The van der Waals surface area contributed by atoms with Gasteiger partial charge in [-0.15, -0.1) is 0 Å². The monoisotopic (exact) mass is 319 g/mol. The fourth-order valence-corrected chi connectivity index (χ4v) is 2.54. The molecule has 0 atom stereocenters. The number of aryl methyl sites for hydroxylation is 1. The minimum Gasteiger partial charge on any atom is -0.339 e. The van der Waals surface area contributed by atoms with E-state index in [2.05, 4.69) is 5.32 Å². The van der Waals surface area contributed by atoms with Gasteiger partial charge >= 0.3 is 0 Å². The van der Waals surface area contributed by atoms with Crippen molar-refractivity contribution < 1.29 is 9.59 Å². The summed E-state index contributed by atoms with van der Waals surface area (Å²) in [5, 5.41) is 2.67. The molecule has 126 valence electrons. The van der Waals surface area contributed by atoms with E-state index >= 15 is 0 Å². The summed E-state index contributed by atoms with van der Waals surface area (Å²) in [6.07, 6.45) is 5.03. The summed E-state index contributed by atoms with van der Waals surface area (Å²) in [4.78, 5) is 38.5. The Morgan fingerprint density at radius 2 is 1.87 bits per heavy atom. The van der Waals surface area contributed by atoms with E-state index in [1.165, 1.54) is 16.8 Å². The van der Waals surface area contributed by atoms with Crippen molar-refractivity contribution in [2.45, 2.75) is 39.5 Å². The molecule has 23 heavy (non-hydrogen) atoms. The Morgan fingerprint density at radius 3 is 2.39 bits per heavy atom. The van der Waals surface area contributed by atoms with Crippen molar-refractivity contribution in [3.8, 4) is 0 Å². The number of hydrogen-bond donors (Lipinski definition) is 1. The van der Waals surface area contributed by atoms with E-state index in [0.717, 1.165) is 25.7 Å². The second-order valence-corrected chi connectivity index (χ2v) is 6.11. The molecule has 1 aliphatic carbocycles. The van der Waals surface area contributed by atoms with Gasteiger partial charge in [-0.05, 0) is 31.7 Å². The van der Waals surface area contributed by atoms with E-state index in [-0.39, 0.29) is 29.0 Å². The van der Waals surface area contributed by atoms with Gasteiger partial charge in [0.25, 0.3) is 11.5 Å². The minimum absolute atomic E-state index is 0.00995. The number of rotatable bonds is 7. The molecule has 0 saturated heterocycles. The van der Waals surface area contributed by atoms with E-state index in [1.807, 2.05) is 13.8 Å². The van der Waals surface area contributed by atoms with Crippen molar-refractivity contribution in [3.05, 3.63) is 28.2 Å². The lowest BCUT2D eigenvalue weighted by atomic mass is 10.2. The lowest BCUT2D eigenvalue weighted by Gasteiger charge is -2.22. The van der Waals surface area contributed by atoms with Gasteiger partial charge in [-0.25, -0.2) is 0 Å². The van der Waals surface area contributed by atoms with Crippen molar-refractivity contribution in [2.75, 3.05) is 18.4 Å². The molecule has 1 aromatic heterocycles. The number of carbonyl (C=O) groups excluding carboxylic acids is 2. The molecule has 1 N–H and O–H groups in total. The third-order valence-corrected chi connectivity index (χ3v) is 3.91. The average molecular weight is 319 g/mol. The largest absolute Gasteiger partial charge is 0.339 e. The molecule has 1 aromatic rings. The summed E-state index contributed by atoms with van der Waals surface area (Å²) in [5.74, 6) is -0.229. The highest BCUT2D eigenvalue weighted by Gasteiger charge is 2.30. The SMILES string of the molecule is CCCN(CCC)C(=O)c1cc(NC(=O)C2CC2)c(=O)n(C)c1. The van der Waals surface area contributed by atoms with Crippen molar-refractivity contribution in [2.24, 2.45) is 13.0 Å². The number of nitrogens with one attached hydrogen (secondary N) is 1. The zero-order valence-corrected chi connectivity index (χ0v) is 14.1. The Morgan fingerprint density at radius 1 is 1.26 bits per heavy atom. The molecule has 0 bridgehead atoms. The van der Waals surface area contributed by atoms with Gasteiger partial charge in [0.2, 0.25) is 5.91 Å². The molecule has 6 nitrogen and oxygen atoms in total. The smallest absolute Gasteiger partial charge is 0.274 e. The number of anilines is 1. The maximum absolute atomic E-state index is 12.7. The first-order valence-corrected chi connectivity index (χ1v) is 8.28. The van der Waals surface area contributed by atoms with E-state index in [1.54, 1.807) is 11.9 Å². The maximum atomic E-state index is 12.7. The molecule has 0 radical (unpaired) electrons. The Balaban J connectivity index is 2.27. The number of pyridine rings is 1. The van der Waals surface area contributed by atoms with Gasteiger partial charge in [-0.2, -0.15) is 0 Å². The Labute approximate surface area is 136 Å². The van der Waals surface area contributed by atoms with Crippen LogP contribution in [0.4, 0.5) is 5.69 Å². The first-order valence-electron chi connectivity index (χ1n) is 8.28. The van der Waals surface area contributed by atoms with Crippen LogP contribution in [0.5, 0.6) is 0 Å². The number of aromatic nitrogens is 1. The minimum atomic E-state index is -0.298. The predicted molar refractivity (Wildman–Crippen MR) is 89.5 cm³/mol. The normalized spacial score (nSPS) is 13.7. The van der Waals surface area contributed by atoms with E-state index in [9.17, 15) is 14.4 Å². The topological polar surface area (TPSA) is 71.4 Å². The van der Waals surface area contributed by atoms with Gasteiger partial charge in [0.05, 0.1) is 5.56 Å². The second-order valence-electron chi connectivity index (χ2n) is 6.11. The number of amides is 2. The zero-order chi connectivity index (χ0) is 17.0. The molecule has 1 fully saturated rings. The second kappa shape index (κ2) is 7.44. The summed E-state index contributed by atoms with van der Waals surface area (Å²) in [7, 11) is 1.59. The molecule has 0 aromatic carbocycles. The standard InChI is InChI=1S/C17H25N3O3/c1-4-8-20(9-5-2)16(22)13-10-14(17(23)19(3)11-13)18-15(21)12-6-7-12/h10-12H,4-9H2,1-3H3,(H,18,21). The van der Waals surface area contributed by atoms with Gasteiger partial charge in [0, 0.05) is 32.3 Å². The quantitative estimate of drug-likeness (QED) is 0.835. The third-order valence-electron chi connectivity index (χ3n) is 3.91. The van der Waals surface area contributed by atoms with Crippen LogP contribution < -0.4 is 10.9 Å². The highest BCUT2D eigenvalue weighted by atomic mass is 16.2. The molecule has 0 spiro atoms. The summed E-state index contributed by atoms with van der Waals surface area (Å²) >= 11 is 0. The van der Waals surface area contributed by atoms with Crippen LogP contribution in [-0.2, 0) is 11.8 Å². The Hall–Kier alpha value is -2.11. The summed E-state index contributed by atoms with van der Waals surface area (Å²) in [6.45, 7) is 5.41. The molecule has 6 heteroatoms. The zero-order valence-electron chi connectivity index (χ0n) is 14.1. The molecular weight excluding hydrogens is 294 g/mol. The molecule has 0 aliphatic heterocycles. The van der Waals surface area contributed by atoms with Crippen LogP contribution in [0.1, 0.15) is 49.9 Å². The lowest BCUT2D eigenvalue weighted by molar-refractivity contribution is -0.117. The molecule has 1 heterocycles. The number of carbonyl (C=O) groups is 2. The van der Waals surface area contributed by atoms with Crippen molar-refractivity contribution in [3.63, 3.8) is 0 Å². The number of nitrogens with zero attached hydrogens (tertiary/aromatic N) is 2. The highest BCUT2D eigenvalue weighted by Crippen LogP contribution is 2.29. The van der Waals surface area contributed by atoms with Crippen LogP contribution in [0.15, 0.2) is 17.1 Å². The van der Waals surface area contributed by atoms with Crippen LogP contribution in [0.25, 0.3) is 0 Å². The molecule has 0 unspecified atom stereocenters. The van der Waals surface area contributed by atoms with Crippen LogP contribution >= 0.6 is 0 Å². The predicted octanol–water partition coefficient (Wildman–Crippen LogP) is 2.00. The van der Waals surface area contributed by atoms with Crippen LogP contribution in [0.2, 0.25) is 0 Å². The lowest BCUT2D eigenvalue weighted by Crippen LogP contribution is -2.34. The van der Waals surface area contributed by atoms with Crippen molar-refractivity contribution >= 4 is 17.5 Å². The van der Waals surface area contributed by atoms with Gasteiger partial charge in [-0.1, -0.05) is 13.8 Å². The fourth-order valence-electron chi connectivity index (χ4n) is 2.54. The molecule has 1 aliphatic rings. The highest BCUT2D eigenvalue weighted by molar-refractivity contribution is 5.97. The maximum Gasteiger partial charge on any atom is 0.274 e. The third kappa shape index (κ3) is 4.21. The Bertz CT molecular complexity index is 641. The summed E-state index contributed by atoms with van der Waals surface area (Å²) in [6, 6.07) is 1.50. The molecule has 2 amide bonds. The van der Waals surface area contributed by atoms with Gasteiger partial charge in [-0.3, -0.25) is 14.4 Å². The molecule has 1 saturated carbocycles. The Kier molecular flexibility index (Phi) is 5.58. The van der Waals surface area contributed by atoms with Crippen molar-refractivity contribution in [1.29, 1.82) is 0 Å². The van der Waals surface area contributed by atoms with Crippen LogP contribution in [0, 0.1) is 5.92 Å². The van der Waals surface area contributed by atoms with Gasteiger partial charge in [0.15, 0.2) is 0 Å². The van der Waals surface area contributed by atoms with Gasteiger partial charge in [0.1, 0.15) is 5.69 Å². The summed E-state index contributed by atoms with van der Waals surface area (Å²) < 4.78 is 1.35. The fraction of sp³-hybridized carbons (Fsp3) is 0.588. The summed E-state index contributed by atoms with van der Waals surface area (Å²) in [5.41, 5.74) is 0.316. The van der Waals surface area contributed by atoms with Gasteiger partial charge < -0.3 is 14.8 Å². The van der Waals surface area contributed by atoms with Crippen molar-refractivity contribution in [1.82, 2.24) is 9.47 Å².